The predicted molar refractivity (Wildman–Crippen MR) is 67.3 cm³/mol. The van der Waals surface area contributed by atoms with E-state index in [1.165, 1.54) is 0 Å². The van der Waals surface area contributed by atoms with Crippen molar-refractivity contribution in [1.29, 1.82) is 0 Å². The lowest BCUT2D eigenvalue weighted by Crippen LogP contribution is -2.29. The van der Waals surface area contributed by atoms with Crippen LogP contribution >= 0.6 is 7.60 Å². The highest BCUT2D eigenvalue weighted by Crippen LogP contribution is 2.51. The van der Waals surface area contributed by atoms with Gasteiger partial charge in [-0.05, 0) is 18.3 Å². The van der Waals surface area contributed by atoms with Crippen LogP contribution in [0.25, 0.3) is 0 Å². The summed E-state index contributed by atoms with van der Waals surface area (Å²) in [4.78, 5) is 40.0. The molecule has 0 aromatic heterocycles. The van der Waals surface area contributed by atoms with Gasteiger partial charge in [-0.1, -0.05) is 19.9 Å². The third-order valence-corrected chi connectivity index (χ3v) is 3.93. The Morgan fingerprint density at radius 2 is 1.95 bits per heavy atom. The number of aliphatic carboxylic acids is 1. The summed E-state index contributed by atoms with van der Waals surface area (Å²) < 4.78 is 10.6. The number of allylic oxidation sites excluding steroid dienone is 1. The minimum Gasteiger partial charge on any atom is -0.477 e. The SMILES string of the molecule is CC1(C)CC1C(=O)NC(=CCCP(=O)(O)O)C(=O)O. The average molecular weight is 291 g/mol. The number of carboxylic acids is 1. The molecule has 0 aromatic carbocycles. The molecule has 1 aliphatic rings. The molecular formula is C11H18NO6P. The Balaban J connectivity index is 2.59. The second-order valence-electron chi connectivity index (χ2n) is 5.33. The second kappa shape index (κ2) is 5.45. The van der Waals surface area contributed by atoms with Crippen LogP contribution in [0.5, 0.6) is 0 Å². The zero-order valence-corrected chi connectivity index (χ0v) is 11.7. The van der Waals surface area contributed by atoms with Crippen LogP contribution in [0.2, 0.25) is 0 Å². The zero-order valence-electron chi connectivity index (χ0n) is 10.8. The molecule has 8 heteroatoms. The minimum atomic E-state index is -4.16. The number of amides is 1. The number of hydrogen-bond donors (Lipinski definition) is 4. The van der Waals surface area contributed by atoms with Crippen molar-refractivity contribution in [2.45, 2.75) is 26.7 Å². The van der Waals surface area contributed by atoms with E-state index < -0.39 is 19.7 Å². The molecular weight excluding hydrogens is 273 g/mol. The first-order valence-electron chi connectivity index (χ1n) is 5.82. The van der Waals surface area contributed by atoms with Crippen LogP contribution in [-0.4, -0.2) is 32.9 Å². The molecule has 0 saturated heterocycles. The van der Waals surface area contributed by atoms with Crippen molar-refractivity contribution in [1.82, 2.24) is 5.32 Å². The monoisotopic (exact) mass is 291 g/mol. The maximum atomic E-state index is 11.7. The van der Waals surface area contributed by atoms with Crippen molar-refractivity contribution in [3.63, 3.8) is 0 Å². The van der Waals surface area contributed by atoms with Crippen LogP contribution in [0, 0.1) is 11.3 Å². The van der Waals surface area contributed by atoms with Gasteiger partial charge >= 0.3 is 13.6 Å². The van der Waals surface area contributed by atoms with Crippen LogP contribution in [0.4, 0.5) is 0 Å². The van der Waals surface area contributed by atoms with Crippen molar-refractivity contribution in [2.24, 2.45) is 11.3 Å². The van der Waals surface area contributed by atoms with Crippen LogP contribution in [0.3, 0.4) is 0 Å². The smallest absolute Gasteiger partial charge is 0.352 e. The maximum Gasteiger partial charge on any atom is 0.352 e. The third-order valence-electron chi connectivity index (χ3n) is 3.09. The predicted octanol–water partition coefficient (Wildman–Crippen LogP) is 0.685. The quantitative estimate of drug-likeness (QED) is 0.421. The molecule has 0 heterocycles. The number of carboxylic acid groups (broad SMARTS) is 1. The van der Waals surface area contributed by atoms with E-state index in [0.29, 0.717) is 6.42 Å². The summed E-state index contributed by atoms with van der Waals surface area (Å²) in [5.41, 5.74) is -0.444. The van der Waals surface area contributed by atoms with E-state index in [4.69, 9.17) is 14.9 Å². The van der Waals surface area contributed by atoms with Crippen LogP contribution < -0.4 is 5.32 Å². The molecule has 0 radical (unpaired) electrons. The molecule has 7 nitrogen and oxygen atoms in total. The first-order chi connectivity index (χ1) is 8.53. The summed E-state index contributed by atoms with van der Waals surface area (Å²) in [5, 5.41) is 11.2. The molecule has 1 saturated carbocycles. The third kappa shape index (κ3) is 5.14. The Morgan fingerprint density at radius 1 is 1.42 bits per heavy atom. The van der Waals surface area contributed by atoms with Gasteiger partial charge in [0.15, 0.2) is 0 Å². The van der Waals surface area contributed by atoms with Gasteiger partial charge in [-0.25, -0.2) is 4.79 Å². The maximum absolute atomic E-state index is 11.7. The van der Waals surface area contributed by atoms with Gasteiger partial charge in [0.1, 0.15) is 5.70 Å². The highest BCUT2D eigenvalue weighted by molar-refractivity contribution is 7.51. The van der Waals surface area contributed by atoms with E-state index in [1.807, 2.05) is 13.8 Å². The van der Waals surface area contributed by atoms with Gasteiger partial charge < -0.3 is 20.2 Å². The van der Waals surface area contributed by atoms with E-state index in [-0.39, 0.29) is 29.4 Å². The number of carbonyl (C=O) groups excluding carboxylic acids is 1. The van der Waals surface area contributed by atoms with E-state index in [0.717, 1.165) is 6.08 Å². The molecule has 19 heavy (non-hydrogen) atoms. The lowest BCUT2D eigenvalue weighted by molar-refractivity contribution is -0.135. The van der Waals surface area contributed by atoms with E-state index in [9.17, 15) is 14.2 Å². The fraction of sp³-hybridized carbons (Fsp3) is 0.636. The molecule has 108 valence electrons. The Hall–Kier alpha value is -1.17. The molecule has 0 bridgehead atoms. The molecule has 1 aliphatic carbocycles. The standard InChI is InChI=1S/C11H18NO6P/c1-11(2)6-7(11)9(13)12-8(10(14)15)4-3-5-19(16,17)18/h4,7H,3,5-6H2,1-2H3,(H,12,13)(H,14,15)(H2,16,17,18). The van der Waals surface area contributed by atoms with Gasteiger partial charge in [0.05, 0.1) is 6.16 Å². The second-order valence-corrected chi connectivity index (χ2v) is 7.11. The van der Waals surface area contributed by atoms with Crippen molar-refractivity contribution < 1.29 is 29.0 Å². The van der Waals surface area contributed by atoms with Gasteiger partial charge in [0.25, 0.3) is 0 Å². The van der Waals surface area contributed by atoms with E-state index in [1.54, 1.807) is 0 Å². The number of carbonyl (C=O) groups is 2. The number of hydrogen-bond acceptors (Lipinski definition) is 3. The molecule has 0 spiro atoms. The Bertz CT molecular complexity index is 464. The summed E-state index contributed by atoms with van der Waals surface area (Å²) in [6.07, 6.45) is 1.26. The van der Waals surface area contributed by atoms with Gasteiger partial charge in [0, 0.05) is 5.92 Å². The molecule has 1 atom stereocenters. The van der Waals surface area contributed by atoms with Crippen LogP contribution in [0.15, 0.2) is 11.8 Å². The zero-order chi connectivity index (χ0) is 14.8. The van der Waals surface area contributed by atoms with Gasteiger partial charge in [-0.2, -0.15) is 0 Å². The number of nitrogens with one attached hydrogen (secondary N) is 1. The molecule has 0 aromatic rings. The van der Waals surface area contributed by atoms with Gasteiger partial charge in [0.2, 0.25) is 5.91 Å². The summed E-state index contributed by atoms with van der Waals surface area (Å²) in [6.45, 7) is 3.82. The van der Waals surface area contributed by atoms with Crippen molar-refractivity contribution in [3.05, 3.63) is 11.8 Å². The summed E-state index contributed by atoms with van der Waals surface area (Å²) in [5.74, 6) is -1.90. The highest BCUT2D eigenvalue weighted by Gasteiger charge is 2.50. The summed E-state index contributed by atoms with van der Waals surface area (Å²) >= 11 is 0. The lowest BCUT2D eigenvalue weighted by atomic mass is 10.1. The Labute approximate surface area is 110 Å². The summed E-state index contributed by atoms with van der Waals surface area (Å²) in [7, 11) is -4.16. The van der Waals surface area contributed by atoms with Gasteiger partial charge in [-0.15, -0.1) is 0 Å². The molecule has 1 rings (SSSR count). The van der Waals surface area contributed by atoms with Crippen molar-refractivity contribution in [3.8, 4) is 0 Å². The Morgan fingerprint density at radius 3 is 2.32 bits per heavy atom. The molecule has 0 aliphatic heterocycles. The largest absolute Gasteiger partial charge is 0.477 e. The fourth-order valence-corrected chi connectivity index (χ4v) is 2.17. The first kappa shape index (κ1) is 15.9. The molecule has 1 fully saturated rings. The van der Waals surface area contributed by atoms with Crippen LogP contribution in [-0.2, 0) is 14.2 Å². The van der Waals surface area contributed by atoms with E-state index in [2.05, 4.69) is 5.32 Å². The van der Waals surface area contributed by atoms with E-state index >= 15 is 0 Å². The molecule has 1 unspecified atom stereocenters. The van der Waals surface area contributed by atoms with Gasteiger partial charge in [-0.3, -0.25) is 9.36 Å². The van der Waals surface area contributed by atoms with Crippen molar-refractivity contribution >= 4 is 19.5 Å². The summed E-state index contributed by atoms with van der Waals surface area (Å²) in [6, 6.07) is 0. The first-order valence-corrected chi connectivity index (χ1v) is 7.61. The number of rotatable bonds is 6. The van der Waals surface area contributed by atoms with Crippen molar-refractivity contribution in [2.75, 3.05) is 6.16 Å². The normalized spacial score (nSPS) is 21.9. The highest BCUT2D eigenvalue weighted by atomic mass is 31.2. The lowest BCUT2D eigenvalue weighted by Gasteiger charge is -2.07. The Kier molecular flexibility index (Phi) is 4.55. The average Bonchev–Trinajstić information content (AvgIpc) is 2.84. The minimum absolute atomic E-state index is 0.111. The topological polar surface area (TPSA) is 124 Å². The molecule has 4 N–H and O–H groups in total. The fourth-order valence-electron chi connectivity index (χ4n) is 1.70. The van der Waals surface area contributed by atoms with Crippen LogP contribution in [0.1, 0.15) is 26.7 Å². The molecule has 1 amide bonds.